The first-order valence-electron chi connectivity index (χ1n) is 9.58. The van der Waals surface area contributed by atoms with E-state index in [9.17, 15) is 18.8 Å². The minimum Gasteiger partial charge on any atom is -0.322 e. The summed E-state index contributed by atoms with van der Waals surface area (Å²) >= 11 is 0. The fourth-order valence-corrected chi connectivity index (χ4v) is 5.19. The molecule has 0 aromatic heterocycles. The van der Waals surface area contributed by atoms with E-state index in [0.717, 1.165) is 19.3 Å². The van der Waals surface area contributed by atoms with Crippen LogP contribution in [0.25, 0.3) is 0 Å². The summed E-state index contributed by atoms with van der Waals surface area (Å²) in [5, 5.41) is 2.70. The zero-order valence-electron chi connectivity index (χ0n) is 15.1. The molecule has 0 radical (unpaired) electrons. The van der Waals surface area contributed by atoms with E-state index in [1.54, 1.807) is 24.3 Å². The number of halogens is 1. The van der Waals surface area contributed by atoms with Crippen molar-refractivity contribution in [2.75, 3.05) is 10.2 Å². The Morgan fingerprint density at radius 2 is 1.61 bits per heavy atom. The Hall–Kier alpha value is -3.02. The van der Waals surface area contributed by atoms with Crippen LogP contribution in [0.3, 0.4) is 0 Å². The zero-order chi connectivity index (χ0) is 19.4. The van der Waals surface area contributed by atoms with E-state index in [2.05, 4.69) is 5.32 Å². The molecule has 1 N–H and O–H groups in total. The van der Waals surface area contributed by atoms with E-state index in [-0.39, 0.29) is 35.4 Å². The Labute approximate surface area is 161 Å². The number of amides is 3. The Balaban J connectivity index is 1.40. The molecular formula is C22H19FN2O3. The van der Waals surface area contributed by atoms with Gasteiger partial charge in [-0.15, -0.1) is 0 Å². The number of carbonyl (C=O) groups excluding carboxylic acids is 3. The third kappa shape index (κ3) is 2.55. The number of fused-ring (bicyclic) bond motifs is 5. The summed E-state index contributed by atoms with van der Waals surface area (Å²) in [5.41, 5.74) is 1.24. The topological polar surface area (TPSA) is 66.5 Å². The highest BCUT2D eigenvalue weighted by Crippen LogP contribution is 2.56. The van der Waals surface area contributed by atoms with Crippen LogP contribution in [0.1, 0.15) is 29.6 Å². The van der Waals surface area contributed by atoms with Crippen molar-refractivity contribution in [3.05, 3.63) is 59.9 Å². The number of carbonyl (C=O) groups is 3. The molecule has 6 heteroatoms. The lowest BCUT2D eigenvalue weighted by Gasteiger charge is -2.19. The lowest BCUT2D eigenvalue weighted by Crippen LogP contribution is -2.33. The lowest BCUT2D eigenvalue weighted by molar-refractivity contribution is -0.123. The minimum atomic E-state index is -0.384. The largest absolute Gasteiger partial charge is 0.322 e. The van der Waals surface area contributed by atoms with Crippen LogP contribution in [0.4, 0.5) is 15.8 Å². The van der Waals surface area contributed by atoms with Crippen LogP contribution in [-0.4, -0.2) is 17.7 Å². The van der Waals surface area contributed by atoms with Crippen LogP contribution in [0.15, 0.2) is 48.5 Å². The number of benzene rings is 2. The van der Waals surface area contributed by atoms with Gasteiger partial charge in [0, 0.05) is 11.3 Å². The van der Waals surface area contributed by atoms with E-state index >= 15 is 0 Å². The monoisotopic (exact) mass is 378 g/mol. The van der Waals surface area contributed by atoms with E-state index in [1.165, 1.54) is 29.2 Å². The molecule has 2 aliphatic carbocycles. The van der Waals surface area contributed by atoms with Gasteiger partial charge in [-0.3, -0.25) is 19.3 Å². The van der Waals surface area contributed by atoms with Crippen LogP contribution in [0.2, 0.25) is 0 Å². The van der Waals surface area contributed by atoms with Gasteiger partial charge in [0.05, 0.1) is 17.5 Å². The Bertz CT molecular complexity index is 960. The molecule has 2 aromatic rings. The number of hydrogen-bond acceptors (Lipinski definition) is 3. The molecular weight excluding hydrogens is 359 g/mol. The third-order valence-electron chi connectivity index (χ3n) is 6.40. The minimum absolute atomic E-state index is 0.127. The molecule has 142 valence electrons. The average molecular weight is 378 g/mol. The molecule has 4 atom stereocenters. The van der Waals surface area contributed by atoms with E-state index in [1.807, 2.05) is 0 Å². The molecule has 2 aromatic carbocycles. The van der Waals surface area contributed by atoms with E-state index < -0.39 is 0 Å². The molecule has 1 saturated heterocycles. The number of nitrogens with one attached hydrogen (secondary N) is 1. The number of nitrogens with zero attached hydrogens (tertiary/aromatic N) is 1. The highest BCUT2D eigenvalue weighted by atomic mass is 19.1. The molecule has 2 saturated carbocycles. The van der Waals surface area contributed by atoms with Gasteiger partial charge in [0.2, 0.25) is 11.8 Å². The molecule has 5 nitrogen and oxygen atoms in total. The highest BCUT2D eigenvalue weighted by Gasteiger charge is 2.61. The van der Waals surface area contributed by atoms with Crippen LogP contribution < -0.4 is 10.2 Å². The van der Waals surface area contributed by atoms with Gasteiger partial charge in [-0.2, -0.15) is 0 Å². The second kappa shape index (κ2) is 6.26. The van der Waals surface area contributed by atoms with Crippen molar-refractivity contribution < 1.29 is 18.8 Å². The van der Waals surface area contributed by atoms with Gasteiger partial charge in [0.15, 0.2) is 0 Å². The highest BCUT2D eigenvalue weighted by molar-refractivity contribution is 6.23. The summed E-state index contributed by atoms with van der Waals surface area (Å²) in [6.45, 7) is 0. The number of hydrogen-bond donors (Lipinski definition) is 1. The summed E-state index contributed by atoms with van der Waals surface area (Å²) in [4.78, 5) is 39.7. The van der Waals surface area contributed by atoms with Gasteiger partial charge >= 0.3 is 0 Å². The first kappa shape index (κ1) is 17.1. The van der Waals surface area contributed by atoms with Gasteiger partial charge < -0.3 is 5.32 Å². The summed E-state index contributed by atoms with van der Waals surface area (Å²) in [6, 6.07) is 12.0. The van der Waals surface area contributed by atoms with Crippen molar-refractivity contribution in [1.29, 1.82) is 0 Å². The van der Waals surface area contributed by atoms with Gasteiger partial charge in [-0.05, 0) is 73.6 Å². The van der Waals surface area contributed by atoms with Gasteiger partial charge in [0.25, 0.3) is 5.91 Å². The third-order valence-corrected chi connectivity index (χ3v) is 6.40. The van der Waals surface area contributed by atoms with Crippen LogP contribution in [-0.2, 0) is 9.59 Å². The number of imide groups is 1. The maximum absolute atomic E-state index is 13.0. The summed E-state index contributed by atoms with van der Waals surface area (Å²) < 4.78 is 13.0. The van der Waals surface area contributed by atoms with Crippen molar-refractivity contribution in [3.8, 4) is 0 Å². The predicted octanol–water partition coefficient (Wildman–Crippen LogP) is 3.61. The summed E-state index contributed by atoms with van der Waals surface area (Å²) in [5.74, 6) is -0.760. The SMILES string of the molecule is O=C(Nc1ccc(F)cc1)c1cccc(N2C(=O)[C@@H]3[C@H]4CC[C@@H](C4)[C@H]3C2=O)c1. The molecule has 3 fully saturated rings. The van der Waals surface area contributed by atoms with E-state index in [4.69, 9.17) is 0 Å². The molecule has 0 spiro atoms. The maximum atomic E-state index is 13.0. The van der Waals surface area contributed by atoms with E-state index in [0.29, 0.717) is 28.8 Å². The average Bonchev–Trinajstić information content (AvgIpc) is 3.37. The van der Waals surface area contributed by atoms with Crippen molar-refractivity contribution in [3.63, 3.8) is 0 Å². The van der Waals surface area contributed by atoms with Gasteiger partial charge in [-0.25, -0.2) is 4.39 Å². The zero-order valence-corrected chi connectivity index (χ0v) is 15.1. The Morgan fingerprint density at radius 3 is 2.25 bits per heavy atom. The fourth-order valence-electron chi connectivity index (χ4n) is 5.19. The Morgan fingerprint density at radius 1 is 0.964 bits per heavy atom. The Kier molecular flexibility index (Phi) is 3.82. The lowest BCUT2D eigenvalue weighted by atomic mass is 9.81. The van der Waals surface area contributed by atoms with Gasteiger partial charge in [-0.1, -0.05) is 6.07 Å². The first-order chi connectivity index (χ1) is 13.5. The van der Waals surface area contributed by atoms with Crippen molar-refractivity contribution in [1.82, 2.24) is 0 Å². The molecule has 2 bridgehead atoms. The normalized spacial score (nSPS) is 28.0. The second-order valence-electron chi connectivity index (χ2n) is 7.91. The maximum Gasteiger partial charge on any atom is 0.255 e. The molecule has 3 amide bonds. The number of anilines is 2. The van der Waals surface area contributed by atoms with Crippen molar-refractivity contribution >= 4 is 29.1 Å². The molecule has 3 aliphatic rings. The van der Waals surface area contributed by atoms with Crippen molar-refractivity contribution in [2.24, 2.45) is 23.7 Å². The van der Waals surface area contributed by atoms with Crippen LogP contribution >= 0.6 is 0 Å². The van der Waals surface area contributed by atoms with Gasteiger partial charge in [0.1, 0.15) is 5.82 Å². The van der Waals surface area contributed by atoms with Crippen molar-refractivity contribution in [2.45, 2.75) is 19.3 Å². The summed E-state index contributed by atoms with van der Waals surface area (Å²) in [6.07, 6.45) is 3.04. The molecule has 1 heterocycles. The predicted molar refractivity (Wildman–Crippen MR) is 101 cm³/mol. The summed E-state index contributed by atoms with van der Waals surface area (Å²) in [7, 11) is 0. The molecule has 0 unspecified atom stereocenters. The first-order valence-corrected chi connectivity index (χ1v) is 9.58. The molecule has 5 rings (SSSR count). The smallest absolute Gasteiger partial charge is 0.255 e. The number of rotatable bonds is 3. The fraction of sp³-hybridized carbons (Fsp3) is 0.318. The molecule has 28 heavy (non-hydrogen) atoms. The van der Waals surface area contributed by atoms with Crippen LogP contribution in [0, 0.1) is 29.5 Å². The standard InChI is InChI=1S/C22H19FN2O3/c23-15-6-8-16(9-7-15)24-20(26)14-2-1-3-17(11-14)25-21(27)18-12-4-5-13(10-12)19(18)22(25)28/h1-3,6-9,11-13,18-19H,4-5,10H2,(H,24,26)/t12-,13-,18+,19+/m0/s1. The second-order valence-corrected chi connectivity index (χ2v) is 7.91. The quantitative estimate of drug-likeness (QED) is 0.830. The van der Waals surface area contributed by atoms with Crippen LogP contribution in [0.5, 0.6) is 0 Å². The molecule has 1 aliphatic heterocycles.